The molecular weight excluding hydrogens is 380 g/mol. The highest BCUT2D eigenvalue weighted by molar-refractivity contribution is 7.99. The van der Waals surface area contributed by atoms with Crippen LogP contribution in [0.15, 0.2) is 35.4 Å². The van der Waals surface area contributed by atoms with E-state index in [1.54, 1.807) is 0 Å². The number of amides is 1. The van der Waals surface area contributed by atoms with E-state index in [0.717, 1.165) is 34.5 Å². The number of nitriles is 1. The van der Waals surface area contributed by atoms with Gasteiger partial charge in [0.15, 0.2) is 5.65 Å². The van der Waals surface area contributed by atoms with E-state index in [-0.39, 0.29) is 11.9 Å². The number of hydrogen-bond acceptors (Lipinski definition) is 4. The molecule has 3 aromatic rings. The van der Waals surface area contributed by atoms with Crippen LogP contribution in [-0.2, 0) is 11.2 Å². The van der Waals surface area contributed by atoms with Gasteiger partial charge < -0.3 is 5.32 Å². The number of nitrogens with zero attached hydrogens (tertiary/aromatic N) is 3. The van der Waals surface area contributed by atoms with Gasteiger partial charge in [-0.25, -0.2) is 4.98 Å². The topological polar surface area (TPSA) is 70.2 Å². The zero-order valence-electron chi connectivity index (χ0n) is 16.9. The van der Waals surface area contributed by atoms with Crippen LogP contribution >= 0.6 is 11.8 Å². The van der Waals surface area contributed by atoms with Crippen LogP contribution in [0.1, 0.15) is 50.7 Å². The maximum absolute atomic E-state index is 12.6. The highest BCUT2D eigenvalue weighted by Crippen LogP contribution is 2.30. The van der Waals surface area contributed by atoms with E-state index in [0.29, 0.717) is 22.9 Å². The Bertz CT molecular complexity index is 1100. The summed E-state index contributed by atoms with van der Waals surface area (Å²) in [5.74, 6) is 0.984. The van der Waals surface area contributed by atoms with Crippen molar-refractivity contribution >= 4 is 34.3 Å². The Morgan fingerprint density at radius 2 is 2.14 bits per heavy atom. The second-order valence-electron chi connectivity index (χ2n) is 7.83. The molecule has 0 radical (unpaired) electrons. The van der Waals surface area contributed by atoms with Gasteiger partial charge in [0.25, 0.3) is 0 Å². The number of aromatic nitrogens is 2. The Morgan fingerprint density at radius 1 is 1.34 bits per heavy atom. The minimum absolute atomic E-state index is 0.0775. The largest absolute Gasteiger partial charge is 0.352 e. The van der Waals surface area contributed by atoms with Gasteiger partial charge >= 0.3 is 0 Å². The molecule has 0 aliphatic heterocycles. The zero-order chi connectivity index (χ0) is 20.4. The maximum Gasteiger partial charge on any atom is 0.230 e. The van der Waals surface area contributed by atoms with E-state index in [9.17, 15) is 10.1 Å². The summed E-state index contributed by atoms with van der Waals surface area (Å²) in [6.45, 7) is 4.27. The van der Waals surface area contributed by atoms with Crippen LogP contribution in [0.5, 0.6) is 0 Å². The Labute approximate surface area is 175 Å². The SMILES string of the molecule is CCc1cc(SCC(=O)N[C@H]2CCCC[C@@H]2C)n2c(nc3ccccc32)c1C#N. The molecule has 1 aliphatic carbocycles. The van der Waals surface area contributed by atoms with Gasteiger partial charge in [0, 0.05) is 6.04 Å². The smallest absolute Gasteiger partial charge is 0.230 e. The van der Waals surface area contributed by atoms with Gasteiger partial charge in [-0.1, -0.05) is 50.6 Å². The summed E-state index contributed by atoms with van der Waals surface area (Å²) < 4.78 is 2.02. The maximum atomic E-state index is 12.6. The molecule has 0 spiro atoms. The van der Waals surface area contributed by atoms with Crippen molar-refractivity contribution < 1.29 is 4.79 Å². The highest BCUT2D eigenvalue weighted by Gasteiger charge is 2.23. The molecular formula is C23H26N4OS. The lowest BCUT2D eigenvalue weighted by atomic mass is 9.86. The zero-order valence-corrected chi connectivity index (χ0v) is 17.8. The number of pyridine rings is 1. The molecule has 29 heavy (non-hydrogen) atoms. The fraction of sp³-hybridized carbons (Fsp3) is 0.435. The average Bonchev–Trinajstić information content (AvgIpc) is 3.12. The fourth-order valence-electron chi connectivity index (χ4n) is 4.27. The number of fused-ring (bicyclic) bond motifs is 3. The Morgan fingerprint density at radius 3 is 2.90 bits per heavy atom. The predicted octanol–water partition coefficient (Wildman–Crippen LogP) is 4.71. The van der Waals surface area contributed by atoms with Crippen molar-refractivity contribution in [1.29, 1.82) is 5.26 Å². The number of hydrogen-bond donors (Lipinski definition) is 1. The summed E-state index contributed by atoms with van der Waals surface area (Å²) >= 11 is 1.52. The van der Waals surface area contributed by atoms with Crippen molar-refractivity contribution in [3.05, 3.63) is 41.5 Å². The van der Waals surface area contributed by atoms with Crippen LogP contribution in [0.4, 0.5) is 0 Å². The molecule has 2 atom stereocenters. The first-order valence-electron chi connectivity index (χ1n) is 10.4. The van der Waals surface area contributed by atoms with Gasteiger partial charge in [0.05, 0.1) is 27.4 Å². The molecule has 2 heterocycles. The minimum Gasteiger partial charge on any atom is -0.352 e. The molecule has 1 aliphatic rings. The van der Waals surface area contributed by atoms with Gasteiger partial charge in [-0.2, -0.15) is 5.26 Å². The van der Waals surface area contributed by atoms with Crippen LogP contribution < -0.4 is 5.32 Å². The first-order chi connectivity index (χ1) is 14.1. The van der Waals surface area contributed by atoms with E-state index in [2.05, 4.69) is 18.3 Å². The first kappa shape index (κ1) is 19.8. The Kier molecular flexibility index (Phi) is 5.77. The third-order valence-electron chi connectivity index (χ3n) is 5.93. The van der Waals surface area contributed by atoms with Crippen molar-refractivity contribution in [2.24, 2.45) is 5.92 Å². The summed E-state index contributed by atoms with van der Waals surface area (Å²) in [6.07, 6.45) is 5.47. The van der Waals surface area contributed by atoms with Crippen molar-refractivity contribution in [1.82, 2.24) is 14.7 Å². The van der Waals surface area contributed by atoms with E-state index >= 15 is 0 Å². The molecule has 1 fully saturated rings. The van der Waals surface area contributed by atoms with Gasteiger partial charge in [0.1, 0.15) is 6.07 Å². The summed E-state index contributed by atoms with van der Waals surface area (Å²) in [5.41, 5.74) is 4.09. The number of carbonyl (C=O) groups is 1. The van der Waals surface area contributed by atoms with Crippen LogP contribution in [0.25, 0.3) is 16.7 Å². The van der Waals surface area contributed by atoms with Crippen molar-refractivity contribution in [2.45, 2.75) is 57.0 Å². The molecule has 4 rings (SSSR count). The van der Waals surface area contributed by atoms with Crippen LogP contribution in [0.2, 0.25) is 0 Å². The number of carbonyl (C=O) groups excluding carboxylic acids is 1. The molecule has 1 saturated carbocycles. The van der Waals surface area contributed by atoms with Crippen LogP contribution in [-0.4, -0.2) is 27.1 Å². The second-order valence-corrected chi connectivity index (χ2v) is 8.83. The summed E-state index contributed by atoms with van der Waals surface area (Å²) in [4.78, 5) is 17.3. The van der Waals surface area contributed by atoms with Gasteiger partial charge in [-0.05, 0) is 48.9 Å². The molecule has 2 aromatic heterocycles. The number of rotatable bonds is 5. The molecule has 1 amide bonds. The molecule has 1 aromatic carbocycles. The molecule has 6 heteroatoms. The number of nitrogens with one attached hydrogen (secondary N) is 1. The molecule has 5 nitrogen and oxygen atoms in total. The standard InChI is InChI=1S/C23H26N4OS/c1-3-16-12-22(29-14-21(28)25-18-9-5-4-8-15(18)2)27-20-11-7-6-10-19(20)26-23(27)17(16)13-24/h6-7,10-12,15,18H,3-5,8-9,14H2,1-2H3,(H,25,28)/t15-,18-/m0/s1. The van der Waals surface area contributed by atoms with Gasteiger partial charge in [-0.3, -0.25) is 9.20 Å². The minimum atomic E-state index is 0.0775. The summed E-state index contributed by atoms with van der Waals surface area (Å²) in [6, 6.07) is 12.6. The second kappa shape index (κ2) is 8.46. The number of benzene rings is 1. The van der Waals surface area contributed by atoms with E-state index in [1.807, 2.05) is 41.7 Å². The van der Waals surface area contributed by atoms with Crippen molar-refractivity contribution in [3.63, 3.8) is 0 Å². The lowest BCUT2D eigenvalue weighted by Crippen LogP contribution is -2.41. The fourth-order valence-corrected chi connectivity index (χ4v) is 5.17. The summed E-state index contributed by atoms with van der Waals surface area (Å²) in [7, 11) is 0. The predicted molar refractivity (Wildman–Crippen MR) is 117 cm³/mol. The van der Waals surface area contributed by atoms with Gasteiger partial charge in [0.2, 0.25) is 5.91 Å². The number of para-hydroxylation sites is 2. The molecule has 1 N–H and O–H groups in total. The average molecular weight is 407 g/mol. The van der Waals surface area contributed by atoms with Crippen LogP contribution in [0.3, 0.4) is 0 Å². The highest BCUT2D eigenvalue weighted by atomic mass is 32.2. The first-order valence-corrected chi connectivity index (χ1v) is 11.4. The normalized spacial score (nSPS) is 19.3. The third-order valence-corrected chi connectivity index (χ3v) is 6.93. The van der Waals surface area contributed by atoms with Crippen LogP contribution in [0, 0.1) is 17.2 Å². The van der Waals surface area contributed by atoms with Crippen molar-refractivity contribution in [3.8, 4) is 6.07 Å². The van der Waals surface area contributed by atoms with E-state index in [1.165, 1.54) is 31.0 Å². The van der Waals surface area contributed by atoms with Crippen molar-refractivity contribution in [2.75, 3.05) is 5.75 Å². The molecule has 150 valence electrons. The molecule has 0 unspecified atom stereocenters. The lowest BCUT2D eigenvalue weighted by Gasteiger charge is -2.29. The molecule has 0 bridgehead atoms. The number of aryl methyl sites for hydroxylation is 1. The number of imidazole rings is 1. The Hall–Kier alpha value is -2.52. The van der Waals surface area contributed by atoms with Gasteiger partial charge in [-0.15, -0.1) is 0 Å². The van der Waals surface area contributed by atoms with E-state index in [4.69, 9.17) is 4.98 Å². The monoisotopic (exact) mass is 406 g/mol. The third kappa shape index (κ3) is 3.84. The molecule has 0 saturated heterocycles. The lowest BCUT2D eigenvalue weighted by molar-refractivity contribution is -0.119. The van der Waals surface area contributed by atoms with E-state index < -0.39 is 0 Å². The number of thioether (sulfide) groups is 1. The Balaban J connectivity index is 1.64. The summed E-state index contributed by atoms with van der Waals surface area (Å²) in [5, 5.41) is 13.9. The quantitative estimate of drug-likeness (QED) is 0.623.